The highest BCUT2D eigenvalue weighted by atomic mass is 32.3. The normalized spacial score (nSPS) is 19.8. The van der Waals surface area contributed by atoms with Crippen LogP contribution in [0.5, 0.6) is 0 Å². The first kappa shape index (κ1) is 15.4. The number of rotatable bonds is 7. The molecule has 4 unspecified atom stereocenters. The molecule has 0 aromatic carbocycles. The highest BCUT2D eigenvalue weighted by molar-refractivity contribution is 7.80. The van der Waals surface area contributed by atoms with E-state index in [1.807, 2.05) is 0 Å². The van der Waals surface area contributed by atoms with E-state index in [4.69, 9.17) is 15.3 Å². The van der Waals surface area contributed by atoms with Gasteiger partial charge in [-0.15, -0.1) is 0 Å². The molecule has 0 aliphatic rings. The summed E-state index contributed by atoms with van der Waals surface area (Å²) in [6.45, 7) is -0.981. The summed E-state index contributed by atoms with van der Waals surface area (Å²) in [5.41, 5.74) is 0. The lowest BCUT2D eigenvalue weighted by molar-refractivity contribution is -0.132. The van der Waals surface area contributed by atoms with E-state index in [1.165, 1.54) is 0 Å². The average Bonchev–Trinajstić information content (AvgIpc) is 2.21. The van der Waals surface area contributed by atoms with E-state index in [1.54, 1.807) is 0 Å². The lowest BCUT2D eigenvalue weighted by Crippen LogP contribution is -2.48. The molecule has 0 fully saturated rings. The van der Waals surface area contributed by atoms with Gasteiger partial charge in [0.2, 0.25) is 10.4 Å². The maximum atomic E-state index is 10.2. The molecule has 0 saturated heterocycles. The number of aliphatic hydroxyl groups excluding tert-OH is 4. The SMILES string of the molecule is O=CC(O)C(OS(=O)(=O)[O-])C(O)C(O)CO. The van der Waals surface area contributed by atoms with Crippen molar-refractivity contribution < 1.29 is 42.4 Å². The van der Waals surface area contributed by atoms with Crippen molar-refractivity contribution in [3.8, 4) is 0 Å². The zero-order valence-electron chi connectivity index (χ0n) is 7.83. The highest BCUT2D eigenvalue weighted by Gasteiger charge is 2.34. The predicted molar refractivity (Wildman–Crippen MR) is 45.7 cm³/mol. The zero-order chi connectivity index (χ0) is 12.9. The first-order valence-electron chi connectivity index (χ1n) is 3.97. The third kappa shape index (κ3) is 4.94. The molecule has 0 aromatic rings. The molecule has 0 saturated carbocycles. The van der Waals surface area contributed by atoms with Gasteiger partial charge in [0.05, 0.1) is 6.61 Å². The van der Waals surface area contributed by atoms with Gasteiger partial charge in [0, 0.05) is 0 Å². The Balaban J connectivity index is 4.87. The summed E-state index contributed by atoms with van der Waals surface area (Å²) >= 11 is 0. The van der Waals surface area contributed by atoms with E-state index in [0.717, 1.165) is 0 Å². The molecule has 0 spiro atoms. The van der Waals surface area contributed by atoms with Crippen molar-refractivity contribution in [2.75, 3.05) is 6.61 Å². The highest BCUT2D eigenvalue weighted by Crippen LogP contribution is 2.11. The lowest BCUT2D eigenvalue weighted by Gasteiger charge is -2.27. The summed E-state index contributed by atoms with van der Waals surface area (Å²) in [6.07, 6.45) is -8.50. The topological polar surface area (TPSA) is 164 Å². The first-order chi connectivity index (χ1) is 7.22. The first-order valence-corrected chi connectivity index (χ1v) is 5.30. The van der Waals surface area contributed by atoms with Gasteiger partial charge in [-0.2, -0.15) is 0 Å². The third-order valence-corrected chi connectivity index (χ3v) is 2.08. The average molecular weight is 259 g/mol. The summed E-state index contributed by atoms with van der Waals surface area (Å²) in [6, 6.07) is 0. The van der Waals surface area contributed by atoms with Gasteiger partial charge in [-0.1, -0.05) is 0 Å². The van der Waals surface area contributed by atoms with Gasteiger partial charge in [0.1, 0.15) is 24.4 Å². The fraction of sp³-hybridized carbons (Fsp3) is 0.833. The van der Waals surface area contributed by atoms with Crippen molar-refractivity contribution >= 4 is 16.7 Å². The second-order valence-electron chi connectivity index (χ2n) is 2.84. The Kier molecular flexibility index (Phi) is 5.96. The number of carbonyl (C=O) groups is 1. The molecule has 0 aromatic heterocycles. The van der Waals surface area contributed by atoms with Gasteiger partial charge >= 0.3 is 0 Å². The van der Waals surface area contributed by atoms with Crippen molar-refractivity contribution in [2.45, 2.75) is 24.4 Å². The van der Waals surface area contributed by atoms with Crippen LogP contribution in [-0.4, -0.2) is 70.7 Å². The Morgan fingerprint density at radius 2 is 1.81 bits per heavy atom. The van der Waals surface area contributed by atoms with E-state index in [9.17, 15) is 22.9 Å². The Bertz CT molecular complexity index is 312. The van der Waals surface area contributed by atoms with E-state index < -0.39 is 41.4 Å². The Morgan fingerprint density at radius 3 is 2.12 bits per heavy atom. The van der Waals surface area contributed by atoms with Crippen LogP contribution in [0.25, 0.3) is 0 Å². The van der Waals surface area contributed by atoms with E-state index in [0.29, 0.717) is 0 Å². The Hall–Kier alpha value is -0.620. The second kappa shape index (κ2) is 6.20. The third-order valence-electron chi connectivity index (χ3n) is 1.62. The van der Waals surface area contributed by atoms with Crippen molar-refractivity contribution in [3.63, 3.8) is 0 Å². The van der Waals surface area contributed by atoms with Crippen LogP contribution in [0, 0.1) is 0 Å². The minimum absolute atomic E-state index is 0.191. The largest absolute Gasteiger partial charge is 0.726 e. The summed E-state index contributed by atoms with van der Waals surface area (Å²) in [7, 11) is -5.29. The van der Waals surface area contributed by atoms with Crippen LogP contribution in [0.3, 0.4) is 0 Å². The Morgan fingerprint density at radius 1 is 1.31 bits per heavy atom. The van der Waals surface area contributed by atoms with E-state index >= 15 is 0 Å². The monoisotopic (exact) mass is 259 g/mol. The standard InChI is InChI=1S/C6H12O9S/c7-1-3(9)5(11)6(4(10)2-8)15-16(12,13)14/h2-7,9-11H,1H2,(H,12,13,14)/p-1. The van der Waals surface area contributed by atoms with Crippen molar-refractivity contribution in [1.29, 1.82) is 0 Å². The lowest BCUT2D eigenvalue weighted by atomic mass is 10.0. The summed E-state index contributed by atoms with van der Waals surface area (Å²) in [5.74, 6) is 0. The molecule has 0 heterocycles. The number of hydrogen-bond acceptors (Lipinski definition) is 9. The number of hydrogen-bond donors (Lipinski definition) is 4. The maximum Gasteiger partial charge on any atom is 0.218 e. The molecule has 4 N–H and O–H groups in total. The molecule has 0 bridgehead atoms. The van der Waals surface area contributed by atoms with Gasteiger partial charge in [0.15, 0.2) is 6.29 Å². The van der Waals surface area contributed by atoms with Crippen LogP contribution in [0.15, 0.2) is 0 Å². The number of aldehydes is 1. The van der Waals surface area contributed by atoms with Crippen LogP contribution in [0.4, 0.5) is 0 Å². The van der Waals surface area contributed by atoms with Gasteiger partial charge in [-0.05, 0) is 0 Å². The maximum absolute atomic E-state index is 10.2. The van der Waals surface area contributed by atoms with Crippen LogP contribution < -0.4 is 0 Å². The molecule has 0 rings (SSSR count). The summed E-state index contributed by atoms with van der Waals surface area (Å²) in [5, 5.41) is 35.5. The minimum atomic E-state index is -5.29. The van der Waals surface area contributed by atoms with E-state index in [-0.39, 0.29) is 6.29 Å². The quantitative estimate of drug-likeness (QED) is 0.203. The molecule has 9 nitrogen and oxygen atoms in total. The second-order valence-corrected chi connectivity index (χ2v) is 3.85. The van der Waals surface area contributed by atoms with Crippen molar-refractivity contribution in [3.05, 3.63) is 0 Å². The smallest absolute Gasteiger partial charge is 0.218 e. The predicted octanol–water partition coefficient (Wildman–Crippen LogP) is -3.89. The number of carbonyl (C=O) groups excluding carboxylic acids is 1. The van der Waals surface area contributed by atoms with Gasteiger partial charge in [0.25, 0.3) is 0 Å². The molecule has 96 valence electrons. The molecule has 0 amide bonds. The van der Waals surface area contributed by atoms with Crippen LogP contribution >= 0.6 is 0 Å². The minimum Gasteiger partial charge on any atom is -0.726 e. The van der Waals surface area contributed by atoms with Crippen LogP contribution in [-0.2, 0) is 19.4 Å². The molecule has 0 aliphatic carbocycles. The summed E-state index contributed by atoms with van der Waals surface area (Å²) < 4.78 is 34.3. The molecular weight excluding hydrogens is 248 g/mol. The van der Waals surface area contributed by atoms with Crippen LogP contribution in [0.2, 0.25) is 0 Å². The zero-order valence-corrected chi connectivity index (χ0v) is 8.65. The summed E-state index contributed by atoms with van der Waals surface area (Å²) in [4.78, 5) is 10.2. The van der Waals surface area contributed by atoms with Gasteiger partial charge < -0.3 is 29.8 Å². The Labute approximate surface area is 90.9 Å². The van der Waals surface area contributed by atoms with Gasteiger partial charge in [-0.3, -0.25) is 4.18 Å². The molecule has 10 heteroatoms. The van der Waals surface area contributed by atoms with Crippen molar-refractivity contribution in [2.24, 2.45) is 0 Å². The molecule has 4 atom stereocenters. The van der Waals surface area contributed by atoms with Gasteiger partial charge in [-0.25, -0.2) is 8.42 Å². The molecule has 0 aliphatic heterocycles. The van der Waals surface area contributed by atoms with E-state index in [2.05, 4.69) is 4.18 Å². The fourth-order valence-corrected chi connectivity index (χ4v) is 1.36. The number of aliphatic hydroxyl groups is 4. The molecular formula is C6H11O9S-. The van der Waals surface area contributed by atoms with Crippen molar-refractivity contribution in [1.82, 2.24) is 0 Å². The fourth-order valence-electron chi connectivity index (χ4n) is 0.856. The molecule has 0 radical (unpaired) electrons. The van der Waals surface area contributed by atoms with Crippen LogP contribution in [0.1, 0.15) is 0 Å². The molecule has 16 heavy (non-hydrogen) atoms.